The summed E-state index contributed by atoms with van der Waals surface area (Å²) in [6.45, 7) is 8.05. The largest absolute Gasteiger partial charge is 0.496 e. The van der Waals surface area contributed by atoms with Crippen LogP contribution in [0.15, 0.2) is 47.4 Å². The Kier molecular flexibility index (Phi) is 8.02. The minimum Gasteiger partial charge on any atom is -0.496 e. The Morgan fingerprint density at radius 2 is 1.70 bits per heavy atom. The van der Waals surface area contributed by atoms with E-state index < -0.39 is 10.0 Å². The molecule has 0 aromatic heterocycles. The third-order valence-corrected chi connectivity index (χ3v) is 7.20. The summed E-state index contributed by atoms with van der Waals surface area (Å²) in [6, 6.07) is 12.2. The maximum Gasteiger partial charge on any atom is 0.257 e. The fraction of sp³-hybridized carbons (Fsp3) is 0.480. The summed E-state index contributed by atoms with van der Waals surface area (Å²) in [7, 11) is -2.34. The molecule has 0 saturated carbocycles. The fourth-order valence-corrected chi connectivity index (χ4v) is 4.81. The van der Waals surface area contributed by atoms with Crippen molar-refractivity contribution in [2.24, 2.45) is 0 Å². The van der Waals surface area contributed by atoms with Crippen molar-refractivity contribution in [2.45, 2.75) is 50.3 Å². The van der Waals surface area contributed by atoms with Gasteiger partial charge in [-0.3, -0.25) is 4.79 Å². The van der Waals surface area contributed by atoms with E-state index in [1.54, 1.807) is 4.90 Å². The third-order valence-electron chi connectivity index (χ3n) is 5.74. The van der Waals surface area contributed by atoms with Crippen LogP contribution in [0.25, 0.3) is 0 Å². The average molecular weight is 475 g/mol. The first-order valence-electron chi connectivity index (χ1n) is 11.3. The number of methoxy groups -OCH3 is 1. The van der Waals surface area contributed by atoms with Gasteiger partial charge in [0, 0.05) is 19.6 Å². The zero-order valence-electron chi connectivity index (χ0n) is 19.9. The highest BCUT2D eigenvalue weighted by atomic mass is 32.2. The van der Waals surface area contributed by atoms with Crippen LogP contribution >= 0.6 is 0 Å². The number of piperidine rings is 1. The van der Waals surface area contributed by atoms with Gasteiger partial charge in [0.15, 0.2) is 0 Å². The molecular weight excluding hydrogens is 440 g/mol. The molecule has 0 atom stereocenters. The molecule has 1 amide bonds. The van der Waals surface area contributed by atoms with Gasteiger partial charge in [-0.2, -0.15) is 0 Å². The first-order chi connectivity index (χ1) is 15.6. The molecule has 0 aliphatic carbocycles. The molecule has 1 aliphatic heterocycles. The Hall–Kier alpha value is -2.58. The highest BCUT2D eigenvalue weighted by Crippen LogP contribution is 2.26. The number of likely N-dealkylation sites (tertiary alicyclic amines) is 1. The molecule has 1 aliphatic rings. The first-order valence-corrected chi connectivity index (χ1v) is 12.8. The molecule has 0 radical (unpaired) electrons. The molecule has 7 nitrogen and oxygen atoms in total. The number of carbonyl (C=O) groups excluding carboxylic acids is 1. The molecule has 1 saturated heterocycles. The number of rotatable bonds is 8. The van der Waals surface area contributed by atoms with Gasteiger partial charge in [-0.25, -0.2) is 13.1 Å². The number of hydrogen-bond donors (Lipinski definition) is 1. The lowest BCUT2D eigenvalue weighted by Crippen LogP contribution is -2.36. The first kappa shape index (κ1) is 25.1. The topological polar surface area (TPSA) is 84.9 Å². The quantitative estimate of drug-likeness (QED) is 0.585. The summed E-state index contributed by atoms with van der Waals surface area (Å²) in [4.78, 5) is 14.8. The monoisotopic (exact) mass is 474 g/mol. The van der Waals surface area contributed by atoms with Gasteiger partial charge in [-0.15, -0.1) is 0 Å². The van der Waals surface area contributed by atoms with Gasteiger partial charge in [0.1, 0.15) is 18.1 Å². The van der Waals surface area contributed by atoms with Crippen molar-refractivity contribution < 1.29 is 22.7 Å². The Bertz CT molecular complexity index is 1050. The van der Waals surface area contributed by atoms with Crippen LogP contribution in [0.5, 0.6) is 11.5 Å². The Balaban J connectivity index is 1.63. The van der Waals surface area contributed by atoms with Gasteiger partial charge in [0.2, 0.25) is 10.0 Å². The normalized spacial score (nSPS) is 14.7. The molecule has 1 fully saturated rings. The van der Waals surface area contributed by atoms with E-state index in [-0.39, 0.29) is 34.9 Å². The predicted octanol–water partition coefficient (Wildman–Crippen LogP) is 3.98. The van der Waals surface area contributed by atoms with Crippen molar-refractivity contribution in [3.8, 4) is 11.5 Å². The van der Waals surface area contributed by atoms with Crippen molar-refractivity contribution in [3.63, 3.8) is 0 Å². The summed E-state index contributed by atoms with van der Waals surface area (Å²) in [5.74, 6) is 0.846. The number of nitrogens with one attached hydrogen (secondary N) is 1. The molecule has 33 heavy (non-hydrogen) atoms. The molecule has 8 heteroatoms. The molecule has 1 N–H and O–H groups in total. The van der Waals surface area contributed by atoms with Crippen molar-refractivity contribution >= 4 is 15.9 Å². The number of hydrogen-bond acceptors (Lipinski definition) is 5. The van der Waals surface area contributed by atoms with E-state index in [2.05, 4.69) is 25.5 Å². The van der Waals surface area contributed by atoms with E-state index in [9.17, 15) is 13.2 Å². The van der Waals surface area contributed by atoms with E-state index >= 15 is 0 Å². The summed E-state index contributed by atoms with van der Waals surface area (Å²) >= 11 is 0. The van der Waals surface area contributed by atoms with Crippen molar-refractivity contribution in [1.82, 2.24) is 9.62 Å². The Morgan fingerprint density at radius 3 is 2.30 bits per heavy atom. The third kappa shape index (κ3) is 6.48. The second-order valence-corrected chi connectivity index (χ2v) is 11.0. The number of ether oxygens (including phenoxy) is 2. The van der Waals surface area contributed by atoms with Crippen LogP contribution in [0.2, 0.25) is 0 Å². The van der Waals surface area contributed by atoms with Crippen molar-refractivity contribution in [2.75, 3.05) is 33.4 Å². The molecular formula is C25H34N2O5S. The highest BCUT2D eigenvalue weighted by Gasteiger charge is 2.24. The van der Waals surface area contributed by atoms with Crippen LogP contribution in [0.1, 0.15) is 56.0 Å². The molecule has 3 rings (SSSR count). The van der Waals surface area contributed by atoms with Gasteiger partial charge in [0.05, 0.1) is 17.6 Å². The smallest absolute Gasteiger partial charge is 0.257 e. The number of amides is 1. The van der Waals surface area contributed by atoms with Crippen LogP contribution in [-0.4, -0.2) is 52.6 Å². The van der Waals surface area contributed by atoms with E-state index in [1.807, 2.05) is 24.3 Å². The molecule has 180 valence electrons. The molecule has 0 spiro atoms. The number of carbonyl (C=O) groups is 1. The van der Waals surface area contributed by atoms with Crippen LogP contribution < -0.4 is 14.2 Å². The van der Waals surface area contributed by atoms with Gasteiger partial charge in [-0.1, -0.05) is 32.9 Å². The molecule has 2 aromatic rings. The van der Waals surface area contributed by atoms with E-state index in [1.165, 1.54) is 30.9 Å². The van der Waals surface area contributed by atoms with Crippen LogP contribution in [0, 0.1) is 0 Å². The second kappa shape index (κ2) is 10.6. The lowest BCUT2D eigenvalue weighted by molar-refractivity contribution is 0.0720. The van der Waals surface area contributed by atoms with Crippen molar-refractivity contribution in [3.05, 3.63) is 53.6 Å². The van der Waals surface area contributed by atoms with Gasteiger partial charge in [0.25, 0.3) is 5.91 Å². The Labute approximate surface area is 197 Å². The minimum atomic E-state index is -3.81. The summed E-state index contributed by atoms with van der Waals surface area (Å²) in [6.07, 6.45) is 3.00. The fourth-order valence-electron chi connectivity index (χ4n) is 3.77. The standard InChI is InChI=1S/C25H34N2O5S/c1-25(2,3)19-8-10-20(11-9-19)32-17-14-26-33(29,30)21-12-13-23(31-4)22(18-21)24(28)27-15-6-5-7-16-27/h8-13,18,26H,5-7,14-17H2,1-4H3. The molecule has 2 aromatic carbocycles. The zero-order valence-corrected chi connectivity index (χ0v) is 20.7. The maximum atomic E-state index is 13.0. The van der Waals surface area contributed by atoms with Gasteiger partial charge in [-0.05, 0) is 60.6 Å². The lowest BCUT2D eigenvalue weighted by atomic mass is 9.87. The zero-order chi connectivity index (χ0) is 24.1. The van der Waals surface area contributed by atoms with Crippen molar-refractivity contribution in [1.29, 1.82) is 0 Å². The average Bonchev–Trinajstić information content (AvgIpc) is 2.81. The summed E-state index contributed by atoms with van der Waals surface area (Å²) < 4.78 is 39.2. The van der Waals surface area contributed by atoms with E-state index in [4.69, 9.17) is 9.47 Å². The SMILES string of the molecule is COc1ccc(S(=O)(=O)NCCOc2ccc(C(C)(C)C)cc2)cc1C(=O)N1CCCCC1. The number of benzene rings is 2. The predicted molar refractivity (Wildman–Crippen MR) is 129 cm³/mol. The Morgan fingerprint density at radius 1 is 1.03 bits per heavy atom. The minimum absolute atomic E-state index is 0.0261. The van der Waals surface area contributed by atoms with Gasteiger partial charge >= 0.3 is 0 Å². The summed E-state index contributed by atoms with van der Waals surface area (Å²) in [5, 5.41) is 0. The van der Waals surface area contributed by atoms with Crippen LogP contribution in [0.3, 0.4) is 0 Å². The van der Waals surface area contributed by atoms with E-state index in [0.29, 0.717) is 24.6 Å². The molecule has 1 heterocycles. The maximum absolute atomic E-state index is 13.0. The molecule has 0 bridgehead atoms. The second-order valence-electron chi connectivity index (χ2n) is 9.24. The lowest BCUT2D eigenvalue weighted by Gasteiger charge is -2.27. The van der Waals surface area contributed by atoms with Gasteiger partial charge < -0.3 is 14.4 Å². The molecule has 0 unspecified atom stereocenters. The highest BCUT2D eigenvalue weighted by molar-refractivity contribution is 7.89. The van der Waals surface area contributed by atoms with Crippen LogP contribution in [-0.2, 0) is 15.4 Å². The number of sulfonamides is 1. The van der Waals surface area contributed by atoms with E-state index in [0.717, 1.165) is 19.3 Å². The summed E-state index contributed by atoms with van der Waals surface area (Å²) in [5.41, 5.74) is 1.52. The van der Waals surface area contributed by atoms with Crippen LogP contribution in [0.4, 0.5) is 0 Å². The number of nitrogens with zero attached hydrogens (tertiary/aromatic N) is 1.